The van der Waals surface area contributed by atoms with Gasteiger partial charge in [-0.05, 0) is 0 Å². The van der Waals surface area contributed by atoms with Crippen molar-refractivity contribution in [3.63, 3.8) is 0 Å². The van der Waals surface area contributed by atoms with Crippen LogP contribution in [0, 0.1) is 22.7 Å². The van der Waals surface area contributed by atoms with Crippen LogP contribution in [0.3, 0.4) is 0 Å². The van der Waals surface area contributed by atoms with Crippen molar-refractivity contribution in [1.29, 1.82) is 10.5 Å². The lowest BCUT2D eigenvalue weighted by Gasteiger charge is -2.06. The monoisotopic (exact) mass is 206 g/mol. The Hall–Kier alpha value is -1.23. The van der Waals surface area contributed by atoms with E-state index in [4.69, 9.17) is 22.0 Å². The summed E-state index contributed by atoms with van der Waals surface area (Å²) in [7, 11) is -4.50. The van der Waals surface area contributed by atoms with E-state index in [2.05, 4.69) is 8.37 Å². The summed E-state index contributed by atoms with van der Waals surface area (Å²) in [5, 5.41) is 16.1. The van der Waals surface area contributed by atoms with E-state index in [1.54, 1.807) is 0 Å². The molecule has 0 fully saturated rings. The molecule has 0 radical (unpaired) electrons. The number of rotatable bonds is 4. The Kier molecular flexibility index (Phi) is 4.27. The second kappa shape index (κ2) is 4.71. The minimum Gasteiger partial charge on any atom is -0.293 e. The number of hydrogen-bond acceptors (Lipinski definition) is 8. The lowest BCUT2D eigenvalue weighted by molar-refractivity contribution is 0.171. The first-order valence-corrected chi connectivity index (χ1v) is 4.16. The van der Waals surface area contributed by atoms with Crippen LogP contribution in [0.15, 0.2) is 0 Å². The van der Waals surface area contributed by atoms with Gasteiger partial charge in [0, 0.05) is 0 Å². The molecule has 0 amide bonds. The summed E-state index contributed by atoms with van der Waals surface area (Å²) in [6.07, 6.45) is -3.37. The highest BCUT2D eigenvalue weighted by molar-refractivity contribution is 7.81. The highest BCUT2D eigenvalue weighted by atomic mass is 32.3. The summed E-state index contributed by atoms with van der Waals surface area (Å²) < 4.78 is 29.1. The van der Waals surface area contributed by atoms with Crippen LogP contribution in [0.5, 0.6) is 0 Å². The molecule has 0 aromatic heterocycles. The molecule has 72 valence electrons. The van der Waals surface area contributed by atoms with Gasteiger partial charge in [-0.15, -0.1) is 0 Å². The van der Waals surface area contributed by atoms with Crippen molar-refractivity contribution >= 4 is 10.4 Å². The van der Waals surface area contributed by atoms with Crippen molar-refractivity contribution < 1.29 is 16.8 Å². The molecule has 0 aliphatic heterocycles. The molecule has 4 N–H and O–H groups in total. The van der Waals surface area contributed by atoms with Crippen molar-refractivity contribution in [2.75, 3.05) is 0 Å². The van der Waals surface area contributed by atoms with Crippen LogP contribution in [0.4, 0.5) is 0 Å². The average molecular weight is 206 g/mol. The van der Waals surface area contributed by atoms with Gasteiger partial charge in [0.15, 0.2) is 0 Å². The van der Waals surface area contributed by atoms with Gasteiger partial charge in [-0.2, -0.15) is 18.9 Å². The maximum Gasteiger partial charge on any atom is 0.405 e. The predicted octanol–water partition coefficient (Wildman–Crippen LogP) is -2.12. The summed E-state index contributed by atoms with van der Waals surface area (Å²) in [6.45, 7) is 0. The van der Waals surface area contributed by atoms with E-state index < -0.39 is 22.9 Å². The van der Waals surface area contributed by atoms with E-state index in [1.807, 2.05) is 0 Å². The molecule has 0 aromatic rings. The zero-order chi connectivity index (χ0) is 10.5. The first-order chi connectivity index (χ1) is 5.91. The molecule has 0 aliphatic carbocycles. The van der Waals surface area contributed by atoms with E-state index in [9.17, 15) is 8.42 Å². The van der Waals surface area contributed by atoms with Crippen LogP contribution in [-0.4, -0.2) is 20.9 Å². The van der Waals surface area contributed by atoms with E-state index in [-0.39, 0.29) is 0 Å². The van der Waals surface area contributed by atoms with Gasteiger partial charge < -0.3 is 0 Å². The maximum absolute atomic E-state index is 10.7. The van der Waals surface area contributed by atoms with Gasteiger partial charge in [0.2, 0.25) is 12.5 Å². The smallest absolute Gasteiger partial charge is 0.293 e. The van der Waals surface area contributed by atoms with Gasteiger partial charge in [0.05, 0.1) is 0 Å². The van der Waals surface area contributed by atoms with Crippen molar-refractivity contribution in [2.24, 2.45) is 11.5 Å². The molecule has 2 unspecified atom stereocenters. The minimum absolute atomic E-state index is 1.28. The summed E-state index contributed by atoms with van der Waals surface area (Å²) in [6, 6.07) is 2.57. The quantitative estimate of drug-likeness (QED) is 0.495. The molecule has 0 saturated heterocycles. The molecule has 2 atom stereocenters. The lowest BCUT2D eigenvalue weighted by atomic mass is 10.7. The van der Waals surface area contributed by atoms with Gasteiger partial charge >= 0.3 is 10.4 Å². The molecule has 0 aliphatic rings. The van der Waals surface area contributed by atoms with Crippen LogP contribution in [0.25, 0.3) is 0 Å². The second-order valence-electron chi connectivity index (χ2n) is 1.70. The summed E-state index contributed by atoms with van der Waals surface area (Å²) in [5.74, 6) is 0. The fraction of sp³-hybridized carbons (Fsp3) is 0.500. The molecular weight excluding hydrogens is 200 g/mol. The Morgan fingerprint density at radius 2 is 1.38 bits per heavy atom. The highest BCUT2D eigenvalue weighted by Crippen LogP contribution is 1.99. The number of hydrogen-bond donors (Lipinski definition) is 2. The SMILES string of the molecule is N#CC(N)OS(=O)(=O)OC(N)C#N. The topological polar surface area (TPSA) is 152 Å². The molecule has 0 aromatic carbocycles. The normalized spacial score (nSPS) is 15.4. The molecule has 0 saturated carbocycles. The third-order valence-electron chi connectivity index (χ3n) is 0.698. The zero-order valence-electron chi connectivity index (χ0n) is 6.25. The fourth-order valence-corrected chi connectivity index (χ4v) is 0.959. The van der Waals surface area contributed by atoms with Gasteiger partial charge in [0.1, 0.15) is 12.1 Å². The summed E-state index contributed by atoms with van der Waals surface area (Å²) in [5.41, 5.74) is 9.62. The minimum atomic E-state index is -4.50. The predicted molar refractivity (Wildman–Crippen MR) is 38.3 cm³/mol. The molecular formula is C4H6N4O4S. The van der Waals surface area contributed by atoms with Crippen molar-refractivity contribution in [3.8, 4) is 12.1 Å². The summed E-state index contributed by atoms with van der Waals surface area (Å²) >= 11 is 0. The standard InChI is InChI=1S/C4H6N4O4S/c5-1-3(7)11-13(9,10)12-4(8)2-6/h3-4H,7-8H2. The number of nitrogens with two attached hydrogens (primary N) is 2. The van der Waals surface area contributed by atoms with Crippen LogP contribution in [-0.2, 0) is 18.8 Å². The largest absolute Gasteiger partial charge is 0.405 e. The van der Waals surface area contributed by atoms with Crippen LogP contribution >= 0.6 is 0 Å². The van der Waals surface area contributed by atoms with E-state index in [0.717, 1.165) is 0 Å². The van der Waals surface area contributed by atoms with Crippen LogP contribution in [0.2, 0.25) is 0 Å². The van der Waals surface area contributed by atoms with Crippen LogP contribution < -0.4 is 11.5 Å². The molecule has 0 bridgehead atoms. The Morgan fingerprint density at radius 3 is 1.62 bits per heavy atom. The molecule has 0 rings (SSSR count). The first-order valence-electron chi connectivity index (χ1n) is 2.83. The first kappa shape index (κ1) is 11.8. The van der Waals surface area contributed by atoms with E-state index >= 15 is 0 Å². The zero-order valence-corrected chi connectivity index (χ0v) is 7.06. The van der Waals surface area contributed by atoms with E-state index in [0.29, 0.717) is 0 Å². The molecule has 13 heavy (non-hydrogen) atoms. The molecule has 0 heterocycles. The van der Waals surface area contributed by atoms with Crippen molar-refractivity contribution in [3.05, 3.63) is 0 Å². The lowest BCUT2D eigenvalue weighted by Crippen LogP contribution is -2.31. The highest BCUT2D eigenvalue weighted by Gasteiger charge is 2.20. The van der Waals surface area contributed by atoms with Gasteiger partial charge in [0.25, 0.3) is 0 Å². The number of nitrogens with zero attached hydrogens (tertiary/aromatic N) is 2. The average Bonchev–Trinajstić information content (AvgIpc) is 2.02. The second-order valence-corrected chi connectivity index (χ2v) is 2.90. The fourth-order valence-electron chi connectivity index (χ4n) is 0.320. The molecule has 9 heteroatoms. The molecule has 8 nitrogen and oxygen atoms in total. The Bertz CT molecular complexity index is 310. The van der Waals surface area contributed by atoms with Crippen molar-refractivity contribution in [2.45, 2.75) is 12.5 Å². The van der Waals surface area contributed by atoms with Crippen LogP contribution in [0.1, 0.15) is 0 Å². The maximum atomic E-state index is 10.7. The van der Waals surface area contributed by atoms with Gasteiger partial charge in [-0.25, -0.2) is 8.37 Å². The Balaban J connectivity index is 4.30. The van der Waals surface area contributed by atoms with Crippen molar-refractivity contribution in [1.82, 2.24) is 0 Å². The third-order valence-corrected chi connectivity index (χ3v) is 1.58. The summed E-state index contributed by atoms with van der Waals surface area (Å²) in [4.78, 5) is 0. The van der Waals surface area contributed by atoms with Gasteiger partial charge in [-0.3, -0.25) is 11.5 Å². The third kappa shape index (κ3) is 5.08. The van der Waals surface area contributed by atoms with Gasteiger partial charge in [-0.1, -0.05) is 0 Å². The molecule has 0 spiro atoms. The Morgan fingerprint density at radius 1 is 1.08 bits per heavy atom. The number of nitriles is 2. The Labute approximate surface area is 74.6 Å². The van der Waals surface area contributed by atoms with E-state index in [1.165, 1.54) is 12.1 Å².